The van der Waals surface area contributed by atoms with Crippen LogP contribution in [0.3, 0.4) is 0 Å². The van der Waals surface area contributed by atoms with E-state index in [4.69, 9.17) is 5.73 Å². The van der Waals surface area contributed by atoms with Gasteiger partial charge in [0, 0.05) is 17.7 Å². The van der Waals surface area contributed by atoms with Crippen LogP contribution in [0.2, 0.25) is 0 Å². The highest BCUT2D eigenvalue weighted by Gasteiger charge is 2.35. The third-order valence-electron chi connectivity index (χ3n) is 2.84. The van der Waals surface area contributed by atoms with Gasteiger partial charge in [0.1, 0.15) is 5.69 Å². The maximum Gasteiger partial charge on any atom is 0.433 e. The van der Waals surface area contributed by atoms with Crippen LogP contribution < -0.4 is 5.73 Å². The molecular formula is C13H12F3N3O. The molecule has 0 fully saturated rings. The molecule has 4 nitrogen and oxygen atoms in total. The quantitative estimate of drug-likeness (QED) is 0.941. The largest absolute Gasteiger partial charge is 0.433 e. The summed E-state index contributed by atoms with van der Waals surface area (Å²) >= 11 is 0. The first kappa shape index (κ1) is 14.1. The molecule has 106 valence electrons. The van der Waals surface area contributed by atoms with Gasteiger partial charge in [-0.3, -0.25) is 9.48 Å². The Labute approximate surface area is 113 Å². The van der Waals surface area contributed by atoms with E-state index in [1.54, 1.807) is 19.1 Å². The van der Waals surface area contributed by atoms with E-state index in [0.29, 0.717) is 0 Å². The van der Waals surface area contributed by atoms with E-state index in [1.807, 2.05) is 0 Å². The van der Waals surface area contributed by atoms with Crippen LogP contribution in [0.5, 0.6) is 0 Å². The van der Waals surface area contributed by atoms with Gasteiger partial charge >= 0.3 is 6.18 Å². The van der Waals surface area contributed by atoms with Crippen LogP contribution in [0.1, 0.15) is 23.0 Å². The van der Waals surface area contributed by atoms with E-state index in [9.17, 15) is 18.0 Å². The molecule has 0 aliphatic carbocycles. The molecular weight excluding hydrogens is 271 g/mol. The standard InChI is InChI=1S/C13H12F3N3O/c1-2-19-11(13(14,15)16)7-10(18-19)8-5-3-4-6-9(8)12(17)20/h3-7H,2H2,1H3,(H2,17,20). The summed E-state index contributed by atoms with van der Waals surface area (Å²) in [6.07, 6.45) is -4.50. The average Bonchev–Trinajstić information content (AvgIpc) is 2.82. The second-order valence-corrected chi connectivity index (χ2v) is 4.14. The smallest absolute Gasteiger partial charge is 0.366 e. The van der Waals surface area contributed by atoms with Gasteiger partial charge in [0.25, 0.3) is 0 Å². The minimum absolute atomic E-state index is 0.0770. The Balaban J connectivity index is 2.60. The highest BCUT2D eigenvalue weighted by atomic mass is 19.4. The predicted molar refractivity (Wildman–Crippen MR) is 66.9 cm³/mol. The molecule has 1 amide bonds. The van der Waals surface area contributed by atoms with Gasteiger partial charge < -0.3 is 5.73 Å². The molecule has 0 unspecified atom stereocenters. The molecule has 20 heavy (non-hydrogen) atoms. The lowest BCUT2D eigenvalue weighted by molar-refractivity contribution is -0.144. The summed E-state index contributed by atoms with van der Waals surface area (Å²) in [4.78, 5) is 11.3. The number of benzene rings is 1. The van der Waals surface area contributed by atoms with E-state index < -0.39 is 17.8 Å². The Kier molecular flexibility index (Phi) is 3.52. The number of aromatic nitrogens is 2. The highest BCUT2D eigenvalue weighted by molar-refractivity contribution is 5.99. The molecule has 7 heteroatoms. The predicted octanol–water partition coefficient (Wildman–Crippen LogP) is 2.69. The van der Waals surface area contributed by atoms with Crippen molar-refractivity contribution in [1.29, 1.82) is 0 Å². The monoisotopic (exact) mass is 283 g/mol. The van der Waals surface area contributed by atoms with Crippen LogP contribution >= 0.6 is 0 Å². The van der Waals surface area contributed by atoms with Crippen molar-refractivity contribution in [1.82, 2.24) is 9.78 Å². The summed E-state index contributed by atoms with van der Waals surface area (Å²) in [5, 5.41) is 3.90. The zero-order valence-corrected chi connectivity index (χ0v) is 10.6. The number of aryl methyl sites for hydroxylation is 1. The van der Waals surface area contributed by atoms with E-state index >= 15 is 0 Å². The molecule has 0 aliphatic rings. The van der Waals surface area contributed by atoms with E-state index in [1.165, 1.54) is 12.1 Å². The third kappa shape index (κ3) is 2.52. The molecule has 0 radical (unpaired) electrons. The van der Waals surface area contributed by atoms with E-state index in [-0.39, 0.29) is 23.4 Å². The van der Waals surface area contributed by atoms with E-state index in [0.717, 1.165) is 10.7 Å². The van der Waals surface area contributed by atoms with Gasteiger partial charge in [-0.05, 0) is 19.1 Å². The van der Waals surface area contributed by atoms with Gasteiger partial charge in [-0.15, -0.1) is 0 Å². The topological polar surface area (TPSA) is 60.9 Å². The van der Waals surface area contributed by atoms with Crippen molar-refractivity contribution >= 4 is 5.91 Å². The van der Waals surface area contributed by atoms with Crippen molar-refractivity contribution in [2.45, 2.75) is 19.6 Å². The number of carbonyl (C=O) groups is 1. The number of halogens is 3. The normalized spacial score (nSPS) is 11.6. The molecule has 2 N–H and O–H groups in total. The Morgan fingerprint density at radius 2 is 2.00 bits per heavy atom. The summed E-state index contributed by atoms with van der Waals surface area (Å²) < 4.78 is 39.5. The first-order valence-corrected chi connectivity index (χ1v) is 5.88. The van der Waals surface area contributed by atoms with Crippen molar-refractivity contribution in [2.24, 2.45) is 5.73 Å². The molecule has 0 bridgehead atoms. The molecule has 0 spiro atoms. The number of amides is 1. The number of hydrogen-bond donors (Lipinski definition) is 1. The van der Waals surface area contributed by atoms with Gasteiger partial charge in [0.2, 0.25) is 5.91 Å². The summed E-state index contributed by atoms with van der Waals surface area (Å²) in [5.41, 5.74) is 4.87. The van der Waals surface area contributed by atoms with Crippen molar-refractivity contribution in [3.8, 4) is 11.3 Å². The van der Waals surface area contributed by atoms with Crippen LogP contribution in [0.15, 0.2) is 30.3 Å². The van der Waals surface area contributed by atoms with Crippen LogP contribution in [0.25, 0.3) is 11.3 Å². The molecule has 0 aliphatic heterocycles. The lowest BCUT2D eigenvalue weighted by Gasteiger charge is -2.07. The molecule has 1 heterocycles. The Morgan fingerprint density at radius 1 is 1.35 bits per heavy atom. The summed E-state index contributed by atoms with van der Waals surface area (Å²) in [6.45, 7) is 1.64. The Bertz CT molecular complexity index is 647. The van der Waals surface area contributed by atoms with Crippen molar-refractivity contribution in [2.75, 3.05) is 0 Å². The third-order valence-corrected chi connectivity index (χ3v) is 2.84. The minimum atomic E-state index is -4.50. The SMILES string of the molecule is CCn1nc(-c2ccccc2C(N)=O)cc1C(F)(F)F. The minimum Gasteiger partial charge on any atom is -0.366 e. The second-order valence-electron chi connectivity index (χ2n) is 4.14. The average molecular weight is 283 g/mol. The first-order valence-electron chi connectivity index (χ1n) is 5.88. The number of nitrogens with two attached hydrogens (primary N) is 1. The van der Waals surface area contributed by atoms with Gasteiger partial charge in [-0.1, -0.05) is 18.2 Å². The van der Waals surface area contributed by atoms with Gasteiger partial charge in [-0.2, -0.15) is 18.3 Å². The fourth-order valence-corrected chi connectivity index (χ4v) is 1.94. The maximum atomic E-state index is 12.9. The van der Waals surface area contributed by atoms with Gasteiger partial charge in [-0.25, -0.2) is 0 Å². The summed E-state index contributed by atoms with van der Waals surface area (Å²) in [5.74, 6) is -0.708. The number of alkyl halides is 3. The number of nitrogens with zero attached hydrogens (tertiary/aromatic N) is 2. The summed E-state index contributed by atoms with van der Waals surface area (Å²) in [6, 6.07) is 7.09. The zero-order chi connectivity index (χ0) is 14.9. The van der Waals surface area contributed by atoms with Crippen molar-refractivity contribution in [3.63, 3.8) is 0 Å². The van der Waals surface area contributed by atoms with E-state index in [2.05, 4.69) is 5.10 Å². The maximum absolute atomic E-state index is 12.9. The lowest BCUT2D eigenvalue weighted by Crippen LogP contribution is -2.13. The molecule has 1 aromatic carbocycles. The number of carbonyl (C=O) groups excluding carboxylic acids is 1. The van der Waals surface area contributed by atoms with Crippen molar-refractivity contribution in [3.05, 3.63) is 41.6 Å². The fraction of sp³-hybridized carbons (Fsp3) is 0.231. The van der Waals surface area contributed by atoms with Crippen molar-refractivity contribution < 1.29 is 18.0 Å². The zero-order valence-electron chi connectivity index (χ0n) is 10.6. The molecule has 0 atom stereocenters. The van der Waals surface area contributed by atoms with Crippen LogP contribution in [0, 0.1) is 0 Å². The number of rotatable bonds is 3. The molecule has 0 saturated heterocycles. The molecule has 2 aromatic rings. The first-order chi connectivity index (χ1) is 9.34. The van der Waals surface area contributed by atoms with Gasteiger partial charge in [0.15, 0.2) is 0 Å². The summed E-state index contributed by atoms with van der Waals surface area (Å²) in [7, 11) is 0. The van der Waals surface area contributed by atoms with Crippen LogP contribution in [-0.2, 0) is 12.7 Å². The number of primary amides is 1. The Hall–Kier alpha value is -2.31. The van der Waals surface area contributed by atoms with Crippen LogP contribution in [0.4, 0.5) is 13.2 Å². The Morgan fingerprint density at radius 3 is 2.50 bits per heavy atom. The van der Waals surface area contributed by atoms with Crippen LogP contribution in [-0.4, -0.2) is 15.7 Å². The second kappa shape index (κ2) is 4.99. The highest BCUT2D eigenvalue weighted by Crippen LogP contribution is 2.33. The molecule has 1 aromatic heterocycles. The molecule has 0 saturated carbocycles. The fourth-order valence-electron chi connectivity index (χ4n) is 1.94. The molecule has 2 rings (SSSR count). The number of hydrogen-bond acceptors (Lipinski definition) is 2. The van der Waals surface area contributed by atoms with Gasteiger partial charge in [0.05, 0.1) is 5.69 Å². The lowest BCUT2D eigenvalue weighted by atomic mass is 10.0.